The number of oxime groups is 1. The Labute approximate surface area is 228 Å². The molecule has 4 rings (SSSR count). The third kappa shape index (κ3) is 7.52. The van der Waals surface area contributed by atoms with E-state index in [4.69, 9.17) is 20.4 Å². The number of nitrogens with two attached hydrogens (primary N) is 1. The van der Waals surface area contributed by atoms with Crippen LogP contribution in [0.1, 0.15) is 35.2 Å². The van der Waals surface area contributed by atoms with Crippen LogP contribution in [0.2, 0.25) is 0 Å². The summed E-state index contributed by atoms with van der Waals surface area (Å²) < 4.78 is 11.9. The molecule has 0 fully saturated rings. The second-order valence-electron chi connectivity index (χ2n) is 8.76. The summed E-state index contributed by atoms with van der Waals surface area (Å²) in [5.74, 6) is 0.942. The number of amidine groups is 1. The van der Waals surface area contributed by atoms with Crippen molar-refractivity contribution in [2.24, 2.45) is 10.9 Å². The van der Waals surface area contributed by atoms with Gasteiger partial charge in [-0.1, -0.05) is 71.9 Å². The van der Waals surface area contributed by atoms with Crippen molar-refractivity contribution in [1.29, 1.82) is 0 Å². The Balaban J connectivity index is 1.59. The molecule has 39 heavy (non-hydrogen) atoms. The van der Waals surface area contributed by atoms with Gasteiger partial charge in [-0.3, -0.25) is 4.79 Å². The first kappa shape index (κ1) is 27.1. The molecule has 4 aromatic rings. The Kier molecular flexibility index (Phi) is 9.39. The van der Waals surface area contributed by atoms with Gasteiger partial charge in [0.2, 0.25) is 5.91 Å². The van der Waals surface area contributed by atoms with Crippen LogP contribution in [-0.2, 0) is 17.9 Å². The van der Waals surface area contributed by atoms with Crippen molar-refractivity contribution in [3.8, 4) is 11.5 Å². The van der Waals surface area contributed by atoms with Gasteiger partial charge in [-0.2, -0.15) is 0 Å². The van der Waals surface area contributed by atoms with Gasteiger partial charge in [0.15, 0.2) is 17.3 Å². The minimum atomic E-state index is -0.731. The van der Waals surface area contributed by atoms with Crippen molar-refractivity contribution in [3.05, 3.63) is 125 Å². The summed E-state index contributed by atoms with van der Waals surface area (Å²) in [7, 11) is 0. The summed E-state index contributed by atoms with van der Waals surface area (Å²) in [6.07, 6.45) is 0. The fraction of sp³-hybridized carbons (Fsp3) is 0.161. The Bertz CT molecular complexity index is 1380. The Morgan fingerprint density at radius 1 is 0.872 bits per heavy atom. The van der Waals surface area contributed by atoms with Crippen LogP contribution in [0.3, 0.4) is 0 Å². The zero-order chi connectivity index (χ0) is 27.5. The fourth-order valence-electron chi connectivity index (χ4n) is 3.98. The second-order valence-corrected chi connectivity index (χ2v) is 8.76. The number of hydrogen-bond acceptors (Lipinski definition) is 6. The lowest BCUT2D eigenvalue weighted by Crippen LogP contribution is -2.33. The van der Waals surface area contributed by atoms with Crippen LogP contribution in [0.25, 0.3) is 0 Å². The van der Waals surface area contributed by atoms with Crippen LogP contribution in [-0.4, -0.2) is 23.6 Å². The molecule has 4 aromatic carbocycles. The van der Waals surface area contributed by atoms with Gasteiger partial charge in [-0.15, -0.1) is 0 Å². The van der Waals surface area contributed by atoms with Crippen molar-refractivity contribution < 1.29 is 19.5 Å². The van der Waals surface area contributed by atoms with Gasteiger partial charge in [-0.25, -0.2) is 0 Å². The van der Waals surface area contributed by atoms with E-state index < -0.39 is 6.04 Å². The molecule has 8 nitrogen and oxygen atoms in total. The van der Waals surface area contributed by atoms with Crippen LogP contribution in [0.15, 0.2) is 108 Å². The highest BCUT2D eigenvalue weighted by Crippen LogP contribution is 2.33. The number of carbonyl (C=O) groups is 1. The van der Waals surface area contributed by atoms with Gasteiger partial charge in [0.1, 0.15) is 12.6 Å². The van der Waals surface area contributed by atoms with Crippen LogP contribution in [0, 0.1) is 0 Å². The monoisotopic (exact) mass is 524 g/mol. The van der Waals surface area contributed by atoms with Crippen molar-refractivity contribution >= 4 is 17.4 Å². The molecule has 0 unspecified atom stereocenters. The largest absolute Gasteiger partial charge is 0.490 e. The quantitative estimate of drug-likeness (QED) is 0.0873. The first-order valence-electron chi connectivity index (χ1n) is 12.7. The minimum absolute atomic E-state index is 0.00570. The van der Waals surface area contributed by atoms with Gasteiger partial charge < -0.3 is 31.0 Å². The topological polar surface area (TPSA) is 118 Å². The molecule has 0 spiro atoms. The Morgan fingerprint density at radius 3 is 2.18 bits per heavy atom. The van der Waals surface area contributed by atoms with E-state index in [1.165, 1.54) is 0 Å². The molecule has 1 atom stereocenters. The minimum Gasteiger partial charge on any atom is -0.490 e. The Hall–Kier alpha value is -4.98. The van der Waals surface area contributed by atoms with Crippen molar-refractivity contribution in [3.63, 3.8) is 0 Å². The van der Waals surface area contributed by atoms with Crippen molar-refractivity contribution in [2.75, 3.05) is 11.9 Å². The number of benzene rings is 4. The number of hydrogen-bond donors (Lipinski definition) is 4. The molecule has 0 aliphatic carbocycles. The van der Waals surface area contributed by atoms with Crippen LogP contribution >= 0.6 is 0 Å². The predicted octanol–water partition coefficient (Wildman–Crippen LogP) is 5.23. The van der Waals surface area contributed by atoms with Gasteiger partial charge >= 0.3 is 0 Å². The highest BCUT2D eigenvalue weighted by Gasteiger charge is 2.22. The van der Waals surface area contributed by atoms with Crippen LogP contribution < -0.4 is 25.8 Å². The first-order valence-corrected chi connectivity index (χ1v) is 12.7. The molecule has 0 aliphatic rings. The summed E-state index contributed by atoms with van der Waals surface area (Å²) in [4.78, 5) is 13.5. The number of carbonyl (C=O) groups excluding carboxylic acids is 1. The SMILES string of the molecule is CCOc1cc([C@H](Nc2ccc(C(N)=NO)cc2)C(=O)NCc2ccccc2)ccc1OCc1ccccc1. The van der Waals surface area contributed by atoms with E-state index in [1.54, 1.807) is 24.3 Å². The highest BCUT2D eigenvalue weighted by atomic mass is 16.5. The average Bonchev–Trinajstić information content (AvgIpc) is 2.99. The summed E-state index contributed by atoms with van der Waals surface area (Å²) >= 11 is 0. The maximum absolute atomic E-state index is 13.5. The van der Waals surface area contributed by atoms with E-state index in [9.17, 15) is 4.79 Å². The normalized spacial score (nSPS) is 11.9. The van der Waals surface area contributed by atoms with Gasteiger partial charge in [0, 0.05) is 17.8 Å². The number of amides is 1. The molecule has 0 aliphatic heterocycles. The standard InChI is InChI=1S/C31H32N4O4/c1-2-38-28-19-25(15-18-27(28)39-21-23-11-7-4-8-12-23)29(31(36)33-20-22-9-5-3-6-10-22)34-26-16-13-24(14-17-26)30(32)35-37/h3-19,29,34,37H,2,20-21H2,1H3,(H2,32,35)(H,33,36)/t29-/m0/s1. The maximum atomic E-state index is 13.5. The molecule has 0 radical (unpaired) electrons. The van der Waals surface area contributed by atoms with E-state index in [2.05, 4.69) is 15.8 Å². The summed E-state index contributed by atoms with van der Waals surface area (Å²) in [6, 6.07) is 31.3. The van der Waals surface area contributed by atoms with E-state index in [0.29, 0.717) is 48.1 Å². The molecule has 200 valence electrons. The number of ether oxygens (including phenoxy) is 2. The molecular formula is C31H32N4O4. The first-order chi connectivity index (χ1) is 19.1. The fourth-order valence-corrected chi connectivity index (χ4v) is 3.98. The van der Waals surface area contributed by atoms with Crippen LogP contribution in [0.5, 0.6) is 11.5 Å². The molecule has 0 aromatic heterocycles. The third-order valence-corrected chi connectivity index (χ3v) is 6.01. The van der Waals surface area contributed by atoms with Crippen LogP contribution in [0.4, 0.5) is 5.69 Å². The molecule has 0 saturated heterocycles. The number of anilines is 1. The smallest absolute Gasteiger partial charge is 0.247 e. The summed E-state index contributed by atoms with van der Waals surface area (Å²) in [5.41, 5.74) is 9.68. The molecule has 0 bridgehead atoms. The molecule has 5 N–H and O–H groups in total. The molecule has 0 saturated carbocycles. The number of rotatable bonds is 12. The lowest BCUT2D eigenvalue weighted by Gasteiger charge is -2.22. The molecular weight excluding hydrogens is 492 g/mol. The molecule has 8 heteroatoms. The van der Waals surface area contributed by atoms with Gasteiger partial charge in [0.05, 0.1) is 6.61 Å². The van der Waals surface area contributed by atoms with Gasteiger partial charge in [-0.05, 0) is 60.0 Å². The lowest BCUT2D eigenvalue weighted by molar-refractivity contribution is -0.122. The van der Waals surface area contributed by atoms with Crippen molar-refractivity contribution in [1.82, 2.24) is 5.32 Å². The van der Waals surface area contributed by atoms with Crippen molar-refractivity contribution in [2.45, 2.75) is 26.1 Å². The summed E-state index contributed by atoms with van der Waals surface area (Å²) in [5, 5.41) is 18.3. The maximum Gasteiger partial charge on any atom is 0.247 e. The van der Waals surface area contributed by atoms with E-state index in [-0.39, 0.29) is 11.7 Å². The van der Waals surface area contributed by atoms with Gasteiger partial charge in [0.25, 0.3) is 0 Å². The van der Waals surface area contributed by atoms with E-state index >= 15 is 0 Å². The highest BCUT2D eigenvalue weighted by molar-refractivity contribution is 5.97. The molecule has 1 amide bonds. The zero-order valence-corrected chi connectivity index (χ0v) is 21.7. The number of nitrogens with one attached hydrogen (secondary N) is 2. The summed E-state index contributed by atoms with van der Waals surface area (Å²) in [6.45, 7) is 3.13. The Morgan fingerprint density at radius 2 is 1.54 bits per heavy atom. The third-order valence-electron chi connectivity index (χ3n) is 6.01. The van der Waals surface area contributed by atoms with E-state index in [1.807, 2.05) is 85.8 Å². The second kappa shape index (κ2) is 13.5. The number of nitrogens with zero attached hydrogens (tertiary/aromatic N) is 1. The molecule has 0 heterocycles. The lowest BCUT2D eigenvalue weighted by atomic mass is 10.0. The zero-order valence-electron chi connectivity index (χ0n) is 21.7. The predicted molar refractivity (Wildman–Crippen MR) is 152 cm³/mol. The van der Waals surface area contributed by atoms with E-state index in [0.717, 1.165) is 11.1 Å². The average molecular weight is 525 g/mol.